The molecule has 1 unspecified atom stereocenters. The Morgan fingerprint density at radius 3 is 2.76 bits per heavy atom. The maximum atomic E-state index is 11.1. The summed E-state index contributed by atoms with van der Waals surface area (Å²) in [5, 5.41) is 11.0. The van der Waals surface area contributed by atoms with Crippen LogP contribution in [-0.4, -0.2) is 17.5 Å². The second-order valence-electron chi connectivity index (χ2n) is 4.58. The van der Waals surface area contributed by atoms with Gasteiger partial charge in [-0.1, -0.05) is 24.3 Å². The molecule has 6 heteroatoms. The molecule has 1 heterocycles. The zero-order valence-electron chi connectivity index (χ0n) is 11.1. The summed E-state index contributed by atoms with van der Waals surface area (Å²) in [5.41, 5.74) is 2.48. The van der Waals surface area contributed by atoms with Crippen molar-refractivity contribution in [2.75, 3.05) is 0 Å². The van der Waals surface area contributed by atoms with Crippen LogP contribution in [0.15, 0.2) is 48.5 Å². The summed E-state index contributed by atoms with van der Waals surface area (Å²) < 4.78 is 11.3. The van der Waals surface area contributed by atoms with E-state index in [1.54, 1.807) is 6.07 Å². The molecule has 0 saturated carbocycles. The van der Waals surface area contributed by atoms with Crippen molar-refractivity contribution in [1.29, 1.82) is 0 Å². The number of rotatable bonds is 3. The molecule has 6 nitrogen and oxygen atoms in total. The van der Waals surface area contributed by atoms with E-state index in [4.69, 9.17) is 14.7 Å². The number of amides is 2. The lowest BCUT2D eigenvalue weighted by molar-refractivity contribution is 0.137. The fourth-order valence-electron chi connectivity index (χ4n) is 2.15. The smallest absolute Gasteiger partial charge is 0.341 e. The highest BCUT2D eigenvalue weighted by Crippen LogP contribution is 2.33. The second-order valence-corrected chi connectivity index (χ2v) is 4.58. The molecular formula is C15H14N2O4. The van der Waals surface area contributed by atoms with Crippen molar-refractivity contribution in [1.82, 2.24) is 10.8 Å². The van der Waals surface area contributed by atoms with E-state index >= 15 is 0 Å². The Morgan fingerprint density at radius 1 is 1.19 bits per heavy atom. The number of urea groups is 1. The molecule has 0 aromatic heterocycles. The van der Waals surface area contributed by atoms with Crippen LogP contribution >= 0.6 is 0 Å². The molecule has 2 aromatic rings. The minimum absolute atomic E-state index is 0.501. The zero-order chi connectivity index (χ0) is 14.7. The number of carbonyl (C=O) groups is 1. The molecule has 3 rings (SSSR count). The van der Waals surface area contributed by atoms with E-state index in [-0.39, 0.29) is 0 Å². The molecular weight excluding hydrogens is 272 g/mol. The van der Waals surface area contributed by atoms with Crippen LogP contribution < -0.4 is 20.3 Å². The Hall–Kier alpha value is -2.73. The van der Waals surface area contributed by atoms with Crippen molar-refractivity contribution >= 4 is 6.03 Å². The molecule has 21 heavy (non-hydrogen) atoms. The van der Waals surface area contributed by atoms with Gasteiger partial charge in [0.05, 0.1) is 0 Å². The first-order valence-electron chi connectivity index (χ1n) is 6.47. The fraction of sp³-hybridized carbons (Fsp3) is 0.133. The molecule has 2 aromatic carbocycles. The van der Waals surface area contributed by atoms with Crippen LogP contribution in [0, 0.1) is 0 Å². The van der Waals surface area contributed by atoms with Gasteiger partial charge in [-0.3, -0.25) is 5.21 Å². The third-order valence-electron chi connectivity index (χ3n) is 3.09. The summed E-state index contributed by atoms with van der Waals surface area (Å²) in [6.45, 7) is 0. The number of fused-ring (bicyclic) bond motifs is 1. The molecule has 1 aliphatic rings. The van der Waals surface area contributed by atoms with Crippen molar-refractivity contribution in [3.05, 3.63) is 54.1 Å². The Bertz CT molecular complexity index is 645. The van der Waals surface area contributed by atoms with Crippen molar-refractivity contribution < 1.29 is 19.5 Å². The monoisotopic (exact) mass is 286 g/mol. The standard InChI is InChI=1S/C15H14N2O4/c18-15(17-19)16-14-8-10-6-7-12(9-13(10)21-14)20-11-4-2-1-3-5-11/h1-7,9,14,19H,8H2,(H2,16,17,18). The number of nitrogens with one attached hydrogen (secondary N) is 2. The van der Waals surface area contributed by atoms with Crippen LogP contribution in [0.3, 0.4) is 0 Å². The Labute approximate surface area is 121 Å². The molecule has 0 bridgehead atoms. The first kappa shape index (κ1) is 13.3. The lowest BCUT2D eigenvalue weighted by Gasteiger charge is -2.11. The van der Waals surface area contributed by atoms with Crippen LogP contribution in [-0.2, 0) is 6.42 Å². The maximum absolute atomic E-state index is 11.1. The predicted octanol–water partition coefficient (Wildman–Crippen LogP) is 2.43. The largest absolute Gasteiger partial charge is 0.470 e. The molecule has 0 aliphatic carbocycles. The summed E-state index contributed by atoms with van der Waals surface area (Å²) in [7, 11) is 0. The van der Waals surface area contributed by atoms with Gasteiger partial charge in [0, 0.05) is 18.1 Å². The number of ether oxygens (including phenoxy) is 2. The zero-order valence-corrected chi connectivity index (χ0v) is 11.1. The van der Waals surface area contributed by atoms with Gasteiger partial charge in [0.15, 0.2) is 6.23 Å². The van der Waals surface area contributed by atoms with Gasteiger partial charge in [-0.25, -0.2) is 10.3 Å². The van der Waals surface area contributed by atoms with E-state index in [0.717, 1.165) is 11.3 Å². The van der Waals surface area contributed by atoms with Crippen molar-refractivity contribution in [3.63, 3.8) is 0 Å². The average Bonchev–Trinajstić information content (AvgIpc) is 2.89. The van der Waals surface area contributed by atoms with Crippen molar-refractivity contribution in [3.8, 4) is 17.2 Å². The van der Waals surface area contributed by atoms with Crippen LogP contribution in [0.5, 0.6) is 17.2 Å². The summed E-state index contributed by atoms with van der Waals surface area (Å²) in [6.07, 6.45) is 0.0353. The van der Waals surface area contributed by atoms with Gasteiger partial charge in [0.25, 0.3) is 0 Å². The number of hydroxylamine groups is 1. The van der Waals surface area contributed by atoms with Crippen LogP contribution in [0.25, 0.3) is 0 Å². The Morgan fingerprint density at radius 2 is 2.00 bits per heavy atom. The van der Waals surface area contributed by atoms with Gasteiger partial charge in [0.1, 0.15) is 17.2 Å². The first-order valence-corrected chi connectivity index (χ1v) is 6.47. The normalized spacial score (nSPS) is 15.8. The van der Waals surface area contributed by atoms with E-state index in [2.05, 4.69) is 5.32 Å². The Kier molecular flexibility index (Phi) is 3.61. The van der Waals surface area contributed by atoms with E-state index in [1.165, 1.54) is 5.48 Å². The van der Waals surface area contributed by atoms with Gasteiger partial charge in [-0.05, 0) is 18.2 Å². The van der Waals surface area contributed by atoms with Crippen molar-refractivity contribution in [2.24, 2.45) is 0 Å². The average molecular weight is 286 g/mol. The second kappa shape index (κ2) is 5.72. The van der Waals surface area contributed by atoms with Crippen LogP contribution in [0.2, 0.25) is 0 Å². The van der Waals surface area contributed by atoms with Gasteiger partial charge < -0.3 is 14.8 Å². The van der Waals surface area contributed by atoms with Gasteiger partial charge in [0.2, 0.25) is 0 Å². The molecule has 0 spiro atoms. The van der Waals surface area contributed by atoms with Crippen LogP contribution in [0.4, 0.5) is 4.79 Å². The third-order valence-corrected chi connectivity index (χ3v) is 3.09. The summed E-state index contributed by atoms with van der Waals surface area (Å²) in [5.74, 6) is 2.06. The highest BCUT2D eigenvalue weighted by molar-refractivity contribution is 5.72. The van der Waals surface area contributed by atoms with E-state index < -0.39 is 12.3 Å². The predicted molar refractivity (Wildman–Crippen MR) is 74.5 cm³/mol. The third kappa shape index (κ3) is 3.06. The summed E-state index contributed by atoms with van der Waals surface area (Å²) >= 11 is 0. The molecule has 2 amide bonds. The number of hydrogen-bond acceptors (Lipinski definition) is 4. The highest BCUT2D eigenvalue weighted by atomic mass is 16.5. The molecule has 1 aliphatic heterocycles. The lowest BCUT2D eigenvalue weighted by Crippen LogP contribution is -2.43. The number of para-hydroxylation sites is 1. The van der Waals surface area contributed by atoms with Crippen molar-refractivity contribution in [2.45, 2.75) is 12.6 Å². The van der Waals surface area contributed by atoms with E-state index in [9.17, 15) is 4.79 Å². The summed E-state index contributed by atoms with van der Waals surface area (Å²) in [4.78, 5) is 11.1. The first-order chi connectivity index (χ1) is 10.2. The van der Waals surface area contributed by atoms with E-state index in [1.807, 2.05) is 42.5 Å². The quantitative estimate of drug-likeness (QED) is 0.598. The number of hydrogen-bond donors (Lipinski definition) is 3. The van der Waals surface area contributed by atoms with Crippen LogP contribution in [0.1, 0.15) is 5.56 Å². The van der Waals surface area contributed by atoms with E-state index in [0.29, 0.717) is 17.9 Å². The maximum Gasteiger partial charge on any atom is 0.341 e. The van der Waals surface area contributed by atoms with Gasteiger partial charge in [-0.2, -0.15) is 0 Å². The number of carbonyl (C=O) groups excluding carboxylic acids is 1. The topological polar surface area (TPSA) is 79.8 Å². The number of benzene rings is 2. The summed E-state index contributed by atoms with van der Waals surface area (Å²) in [6, 6.07) is 14.3. The Balaban J connectivity index is 1.70. The molecule has 1 atom stereocenters. The molecule has 3 N–H and O–H groups in total. The molecule has 0 saturated heterocycles. The lowest BCUT2D eigenvalue weighted by atomic mass is 10.1. The van der Waals surface area contributed by atoms with Gasteiger partial charge in [-0.15, -0.1) is 0 Å². The molecule has 108 valence electrons. The minimum atomic E-state index is -0.700. The molecule has 0 fully saturated rings. The fourth-order valence-corrected chi connectivity index (χ4v) is 2.15. The highest BCUT2D eigenvalue weighted by Gasteiger charge is 2.24. The van der Waals surface area contributed by atoms with Gasteiger partial charge >= 0.3 is 6.03 Å². The minimum Gasteiger partial charge on any atom is -0.470 e. The SMILES string of the molecule is O=C(NO)NC1Cc2ccc(Oc3ccccc3)cc2O1. The molecule has 0 radical (unpaired) electrons.